The van der Waals surface area contributed by atoms with E-state index in [0.717, 1.165) is 97.3 Å². The van der Waals surface area contributed by atoms with Crippen molar-refractivity contribution in [3.63, 3.8) is 0 Å². The molecule has 2 unspecified atom stereocenters. The Labute approximate surface area is 531 Å². The molecule has 6 aromatic rings. The Morgan fingerprint density at radius 3 is 1.24 bits per heavy atom. The quantitative estimate of drug-likeness (QED) is 0.0615. The fraction of sp³-hybridized carbons (Fsp3) is 0.391. The lowest BCUT2D eigenvalue weighted by atomic mass is 9.81. The largest absolute Gasteiger partial charge is 0.489 e. The Hall–Kier alpha value is -3.47. The number of aliphatic carboxylic acids is 1. The Balaban J connectivity index is 0.000000251. The normalized spacial score (nSPS) is 14.9. The minimum absolute atomic E-state index is 0. The third-order valence-corrected chi connectivity index (χ3v) is 15.7. The summed E-state index contributed by atoms with van der Waals surface area (Å²) in [7, 11) is 0. The van der Waals surface area contributed by atoms with E-state index in [9.17, 15) is 14.4 Å². The maximum atomic E-state index is 12.0. The monoisotopic (exact) mass is 1430 g/mol. The van der Waals surface area contributed by atoms with Gasteiger partial charge in [-0.25, -0.2) is 0 Å². The van der Waals surface area contributed by atoms with Crippen molar-refractivity contribution >= 4 is 133 Å². The standard InChI is InChI=1S/C24H28Cl2O3.C20H20Cl2O3.C17H14Cl2O2.CH2I2.2CH4/c1-24(2,3)29-23(27)12-8-16-7-9-18-14-19(11-10-17(18)13-16)28-15-20-21(25)5-4-6-22(20)26;21-18-2-1-3-19(22)17(18)12-25-16-8-7-14-10-13(5-9-20(23)24)4-6-15(14)11-16;18-16-2-1-3-17(19)15(16)10-21-14-7-5-11-8-13(20)6-4-12(11)9-14;2-1-3;;/h4-6,10-11,14,16H,7-9,12-13,15H2,1-3H3;1-3,7-8,11,13H,4-6,9-10,12H2,(H,23,24);1-3,5,7,9H,4,6,8,10H2;1H2;2*1H4. The van der Waals surface area contributed by atoms with Crippen LogP contribution in [-0.2, 0) is 77.5 Å². The molecule has 16 heteroatoms. The lowest BCUT2D eigenvalue weighted by molar-refractivity contribution is -0.155. The number of esters is 1. The second-order valence-corrected chi connectivity index (χ2v) is 27.2. The molecule has 1 N–H and O–H groups in total. The van der Waals surface area contributed by atoms with E-state index in [2.05, 4.69) is 69.4 Å². The van der Waals surface area contributed by atoms with Crippen molar-refractivity contribution in [2.75, 3.05) is 2.43 Å². The molecule has 0 bridgehead atoms. The second kappa shape index (κ2) is 34.3. The van der Waals surface area contributed by atoms with Gasteiger partial charge in [0.15, 0.2) is 0 Å². The number of alkyl halides is 2. The van der Waals surface area contributed by atoms with Crippen LogP contribution in [0, 0.1) is 11.8 Å². The number of fused-ring (bicyclic) bond motifs is 3. The van der Waals surface area contributed by atoms with Crippen molar-refractivity contribution in [1.82, 2.24) is 0 Å². The highest BCUT2D eigenvalue weighted by molar-refractivity contribution is 14.2. The van der Waals surface area contributed by atoms with Crippen LogP contribution in [0.3, 0.4) is 0 Å². The fourth-order valence-corrected chi connectivity index (χ4v) is 11.0. The third-order valence-electron chi connectivity index (χ3n) is 13.5. The summed E-state index contributed by atoms with van der Waals surface area (Å²) in [5.74, 6) is 2.86. The molecule has 3 aliphatic rings. The molecule has 0 saturated heterocycles. The van der Waals surface area contributed by atoms with Gasteiger partial charge in [-0.15, -0.1) is 0 Å². The van der Waals surface area contributed by atoms with Crippen LogP contribution in [0.5, 0.6) is 17.2 Å². The second-order valence-electron chi connectivity index (χ2n) is 20.3. The number of carbonyl (C=O) groups excluding carboxylic acids is 2. The zero-order valence-electron chi connectivity index (χ0n) is 43.9. The van der Waals surface area contributed by atoms with E-state index >= 15 is 0 Å². The van der Waals surface area contributed by atoms with Crippen LogP contribution in [-0.4, -0.2) is 30.9 Å². The van der Waals surface area contributed by atoms with E-state index in [-0.39, 0.29) is 27.2 Å². The zero-order valence-corrected chi connectivity index (χ0v) is 52.7. The van der Waals surface area contributed by atoms with Crippen LogP contribution in [0.1, 0.15) is 131 Å². The molecule has 0 aliphatic heterocycles. The molecule has 6 aromatic carbocycles. The Morgan fingerprint density at radius 2 is 0.875 bits per heavy atom. The van der Waals surface area contributed by atoms with Crippen molar-refractivity contribution in [3.05, 3.63) is 189 Å². The summed E-state index contributed by atoms with van der Waals surface area (Å²) >= 11 is 41.6. The maximum absolute atomic E-state index is 12.0. The van der Waals surface area contributed by atoms with Crippen LogP contribution in [0.25, 0.3) is 0 Å². The molecule has 0 radical (unpaired) electrons. The smallest absolute Gasteiger partial charge is 0.306 e. The highest BCUT2D eigenvalue weighted by Gasteiger charge is 2.24. The molecule has 0 heterocycles. The van der Waals surface area contributed by atoms with Gasteiger partial charge in [-0.3, -0.25) is 14.4 Å². The van der Waals surface area contributed by atoms with E-state index in [0.29, 0.717) is 86.8 Å². The van der Waals surface area contributed by atoms with Crippen molar-refractivity contribution in [3.8, 4) is 17.2 Å². The van der Waals surface area contributed by atoms with Gasteiger partial charge in [-0.2, -0.15) is 0 Å². The van der Waals surface area contributed by atoms with Gasteiger partial charge in [0.25, 0.3) is 0 Å². The Morgan fingerprint density at radius 1 is 0.525 bits per heavy atom. The molecule has 3 aliphatic carbocycles. The van der Waals surface area contributed by atoms with E-state index in [4.69, 9.17) is 93.7 Å². The van der Waals surface area contributed by atoms with Gasteiger partial charge in [-0.1, -0.05) is 166 Å². The zero-order chi connectivity index (χ0) is 56.4. The van der Waals surface area contributed by atoms with Crippen LogP contribution in [0.15, 0.2) is 109 Å². The molecule has 0 aromatic heterocycles. The highest BCUT2D eigenvalue weighted by atomic mass is 127. The first-order valence-electron chi connectivity index (χ1n) is 25.9. The van der Waals surface area contributed by atoms with E-state index in [1.807, 2.05) is 81.4 Å². The predicted molar refractivity (Wildman–Crippen MR) is 348 cm³/mol. The number of carboxylic acid groups (broad SMARTS) is 1. The highest BCUT2D eigenvalue weighted by Crippen LogP contribution is 2.35. The number of ketones is 1. The van der Waals surface area contributed by atoms with Crippen molar-refractivity contribution in [1.29, 1.82) is 0 Å². The van der Waals surface area contributed by atoms with Gasteiger partial charge in [0.05, 0.1) is 2.43 Å². The van der Waals surface area contributed by atoms with E-state index in [1.165, 1.54) is 30.3 Å². The molecular formula is C64H72Cl6I2O8. The van der Waals surface area contributed by atoms with Gasteiger partial charge in [0.1, 0.15) is 48.5 Å². The average molecular weight is 1440 g/mol. The molecular weight excluding hydrogens is 1360 g/mol. The van der Waals surface area contributed by atoms with Crippen LogP contribution in [0.4, 0.5) is 0 Å². The number of aryl methyl sites for hydroxylation is 3. The van der Waals surface area contributed by atoms with Gasteiger partial charge in [-0.05, 0) is 197 Å². The predicted octanol–water partition coefficient (Wildman–Crippen LogP) is 20.1. The van der Waals surface area contributed by atoms with E-state index in [1.54, 1.807) is 24.3 Å². The Kier molecular flexibility index (Phi) is 29.6. The number of Topliss-reactive ketones (excluding diaryl/α,β-unsaturated/α-hetero) is 1. The lowest BCUT2D eigenvalue weighted by Gasteiger charge is -2.26. The van der Waals surface area contributed by atoms with Crippen molar-refractivity contribution < 1.29 is 38.4 Å². The number of rotatable bonds is 15. The molecule has 0 amide bonds. The molecule has 8 nitrogen and oxygen atoms in total. The molecule has 2 atom stereocenters. The summed E-state index contributed by atoms with van der Waals surface area (Å²) in [6, 6.07) is 34.5. The number of carboxylic acids is 1. The molecule has 0 fully saturated rings. The van der Waals surface area contributed by atoms with Gasteiger partial charge in [0.2, 0.25) is 0 Å². The van der Waals surface area contributed by atoms with Gasteiger partial charge >= 0.3 is 11.9 Å². The number of hydrogen-bond donors (Lipinski definition) is 1. The van der Waals surface area contributed by atoms with Crippen LogP contribution in [0.2, 0.25) is 30.1 Å². The molecule has 432 valence electrons. The lowest BCUT2D eigenvalue weighted by Crippen LogP contribution is -2.24. The van der Waals surface area contributed by atoms with Crippen molar-refractivity contribution in [2.45, 2.75) is 145 Å². The SMILES string of the molecule is C.C.CC(C)(C)OC(=O)CCC1CCc2cc(OCc3c(Cl)cccc3Cl)ccc2C1.ICI.O=C(O)CCC1CCc2cc(OCc3c(Cl)cccc3Cl)ccc2C1.O=C1CCc2cc(OCc3c(Cl)cccc3Cl)ccc2C1. The molecule has 9 rings (SSSR count). The summed E-state index contributed by atoms with van der Waals surface area (Å²) < 4.78 is 24.2. The summed E-state index contributed by atoms with van der Waals surface area (Å²) in [6.45, 7) is 6.72. The minimum Gasteiger partial charge on any atom is -0.489 e. The first-order chi connectivity index (χ1) is 37.3. The van der Waals surface area contributed by atoms with Crippen LogP contribution >= 0.6 is 115 Å². The number of carbonyl (C=O) groups is 3. The summed E-state index contributed by atoms with van der Waals surface area (Å²) in [5.41, 5.74) is 9.50. The number of hydrogen-bond acceptors (Lipinski definition) is 7. The molecule has 0 spiro atoms. The Bertz CT molecular complexity index is 2940. The summed E-state index contributed by atoms with van der Waals surface area (Å²) in [4.78, 5) is 34.1. The summed E-state index contributed by atoms with van der Waals surface area (Å²) in [5, 5.41) is 12.5. The summed E-state index contributed by atoms with van der Waals surface area (Å²) in [6.07, 6.45) is 10.3. The average Bonchev–Trinajstić information content (AvgIpc) is 3.40. The maximum Gasteiger partial charge on any atom is 0.306 e. The van der Waals surface area contributed by atoms with Gasteiger partial charge < -0.3 is 24.1 Å². The molecule has 0 saturated carbocycles. The van der Waals surface area contributed by atoms with E-state index < -0.39 is 11.6 Å². The number of halogens is 8. The number of ether oxygens (including phenoxy) is 4. The molecule has 80 heavy (non-hydrogen) atoms. The van der Waals surface area contributed by atoms with Crippen LogP contribution < -0.4 is 14.2 Å². The fourth-order valence-electron chi connectivity index (χ4n) is 9.48. The minimum atomic E-state index is -0.715. The topological polar surface area (TPSA) is 108 Å². The third kappa shape index (κ3) is 22.3. The first-order valence-corrected chi connectivity index (χ1v) is 31.2. The van der Waals surface area contributed by atoms with Gasteiger partial charge in [0, 0.05) is 72.5 Å². The first kappa shape index (κ1) is 69.0. The van der Waals surface area contributed by atoms with Crippen molar-refractivity contribution in [2.24, 2.45) is 11.8 Å². The number of benzene rings is 6.